The lowest BCUT2D eigenvalue weighted by Gasteiger charge is -2.20. The molecule has 0 bridgehead atoms. The molecule has 1 atom stereocenters. The van der Waals surface area contributed by atoms with Crippen LogP contribution in [0.25, 0.3) is 0 Å². The third-order valence-electron chi connectivity index (χ3n) is 5.08. The number of aryl methyl sites for hydroxylation is 1. The van der Waals surface area contributed by atoms with Crippen LogP contribution in [0, 0.1) is 0 Å². The van der Waals surface area contributed by atoms with Crippen molar-refractivity contribution >= 4 is 23.8 Å². The summed E-state index contributed by atoms with van der Waals surface area (Å²) < 4.78 is 0. The molecule has 2 aromatic rings. The normalized spacial score (nSPS) is 17.2. The minimum Gasteiger partial charge on any atom is -0.508 e. The molecule has 2 amide bonds. The van der Waals surface area contributed by atoms with Gasteiger partial charge in [-0.1, -0.05) is 42.5 Å². The number of amides is 2. The van der Waals surface area contributed by atoms with E-state index >= 15 is 0 Å². The summed E-state index contributed by atoms with van der Waals surface area (Å²) in [4.78, 5) is 25.8. The van der Waals surface area contributed by atoms with E-state index in [1.54, 1.807) is 24.4 Å². The van der Waals surface area contributed by atoms with Gasteiger partial charge in [-0.05, 0) is 49.5 Å². The third kappa shape index (κ3) is 5.66. The fourth-order valence-corrected chi connectivity index (χ4v) is 3.46. The van der Waals surface area contributed by atoms with Gasteiger partial charge in [0.2, 0.25) is 0 Å². The molecule has 0 aliphatic carbocycles. The van der Waals surface area contributed by atoms with Gasteiger partial charge in [0.1, 0.15) is 17.6 Å². The van der Waals surface area contributed by atoms with E-state index in [0.717, 1.165) is 24.8 Å². The first kappa shape index (κ1) is 20.5. The summed E-state index contributed by atoms with van der Waals surface area (Å²) in [5.74, 6) is 1.20. The van der Waals surface area contributed by atoms with Crippen LogP contribution < -0.4 is 10.6 Å². The van der Waals surface area contributed by atoms with Crippen molar-refractivity contribution in [3.8, 4) is 5.75 Å². The zero-order chi connectivity index (χ0) is 21.5. The van der Waals surface area contributed by atoms with E-state index < -0.39 is 0 Å². The molecule has 0 saturated carbocycles. The predicted molar refractivity (Wildman–Crippen MR) is 123 cm³/mol. The Bertz CT molecular complexity index is 1060. The van der Waals surface area contributed by atoms with E-state index in [1.165, 1.54) is 5.56 Å². The maximum atomic E-state index is 12.2. The minimum atomic E-state index is -0.273. The van der Waals surface area contributed by atoms with Crippen LogP contribution in [0.15, 0.2) is 81.5 Å². The predicted octanol–water partition coefficient (Wildman–Crippen LogP) is 3.60. The number of urea groups is 1. The van der Waals surface area contributed by atoms with E-state index in [9.17, 15) is 9.90 Å². The van der Waals surface area contributed by atoms with E-state index in [2.05, 4.69) is 37.7 Å². The molecule has 3 N–H and O–H groups in total. The van der Waals surface area contributed by atoms with Crippen molar-refractivity contribution in [1.29, 1.82) is 0 Å². The maximum absolute atomic E-state index is 12.2. The van der Waals surface area contributed by atoms with Crippen LogP contribution >= 0.6 is 0 Å². The fraction of sp³-hybridized carbons (Fsp3) is 0.250. The van der Waals surface area contributed by atoms with Crippen LogP contribution in [-0.2, 0) is 6.42 Å². The molecule has 0 fully saturated rings. The largest absolute Gasteiger partial charge is 0.508 e. The molecular formula is C24H25N5O2. The number of unbranched alkanes of at least 4 members (excludes halogenated alkanes) is 1. The molecule has 7 heteroatoms. The second-order valence-corrected chi connectivity index (χ2v) is 7.46. The van der Waals surface area contributed by atoms with Gasteiger partial charge >= 0.3 is 6.03 Å². The molecule has 2 heterocycles. The van der Waals surface area contributed by atoms with Gasteiger partial charge < -0.3 is 10.4 Å². The zero-order valence-corrected chi connectivity index (χ0v) is 17.2. The number of phenolic OH excluding ortho intramolecular Hbond substituents is 1. The molecule has 4 rings (SSSR count). The van der Waals surface area contributed by atoms with Crippen molar-refractivity contribution in [2.45, 2.75) is 31.7 Å². The van der Waals surface area contributed by atoms with Gasteiger partial charge in [-0.3, -0.25) is 10.3 Å². The first-order valence-corrected chi connectivity index (χ1v) is 10.5. The Morgan fingerprint density at radius 1 is 1.06 bits per heavy atom. The number of carbonyl (C=O) groups is 1. The number of benzene rings is 2. The second-order valence-electron chi connectivity index (χ2n) is 7.46. The molecule has 2 aliphatic heterocycles. The molecule has 0 saturated heterocycles. The summed E-state index contributed by atoms with van der Waals surface area (Å²) in [6.45, 7) is 0.606. The maximum Gasteiger partial charge on any atom is 0.320 e. The summed E-state index contributed by atoms with van der Waals surface area (Å²) in [5.41, 5.74) is 2.71. The number of nitrogens with zero attached hydrogens (tertiary/aromatic N) is 3. The second kappa shape index (κ2) is 9.84. The highest BCUT2D eigenvalue weighted by Gasteiger charge is 2.23. The van der Waals surface area contributed by atoms with Crippen LogP contribution in [0.3, 0.4) is 0 Å². The molecule has 0 spiro atoms. The van der Waals surface area contributed by atoms with Gasteiger partial charge in [0, 0.05) is 18.3 Å². The highest BCUT2D eigenvalue weighted by atomic mass is 16.3. The Balaban J connectivity index is 1.27. The van der Waals surface area contributed by atoms with Crippen molar-refractivity contribution in [3.63, 3.8) is 0 Å². The smallest absolute Gasteiger partial charge is 0.320 e. The average molecular weight is 415 g/mol. The molecule has 2 aromatic carbocycles. The standard InChI is InChI=1S/C24H25N5O2/c30-19-11-6-10-18(15-19)21-16-26-20-12-13-22(28-23(20)27-21)29-24(31)25-14-5-4-9-17-7-2-1-3-8-17/h1-3,6-8,10-11,13,15-16,20,30H,4-5,9,12,14H2,(H2,25,29,31). The quantitative estimate of drug-likeness (QED) is 0.602. The molecular weight excluding hydrogens is 390 g/mol. The lowest BCUT2D eigenvalue weighted by Crippen LogP contribution is -2.37. The van der Waals surface area contributed by atoms with E-state index in [-0.39, 0.29) is 17.8 Å². The van der Waals surface area contributed by atoms with Gasteiger partial charge in [-0.2, -0.15) is 0 Å². The van der Waals surface area contributed by atoms with E-state index in [4.69, 9.17) is 0 Å². The number of hydrogen-bond acceptors (Lipinski definition) is 5. The molecule has 31 heavy (non-hydrogen) atoms. The monoisotopic (exact) mass is 415 g/mol. The van der Waals surface area contributed by atoms with Crippen LogP contribution in [0.4, 0.5) is 4.79 Å². The van der Waals surface area contributed by atoms with Crippen LogP contribution in [0.5, 0.6) is 5.75 Å². The Kier molecular flexibility index (Phi) is 6.52. The minimum absolute atomic E-state index is 0.146. The van der Waals surface area contributed by atoms with Crippen LogP contribution in [0.1, 0.15) is 30.4 Å². The first-order chi connectivity index (χ1) is 15.2. The number of phenols is 1. The number of carbonyl (C=O) groups excluding carboxylic acids is 1. The third-order valence-corrected chi connectivity index (χ3v) is 5.08. The number of fused-ring (bicyclic) bond motifs is 1. The van der Waals surface area contributed by atoms with Gasteiger partial charge in [0.05, 0.1) is 5.71 Å². The van der Waals surface area contributed by atoms with Crippen LogP contribution in [-0.4, -0.2) is 41.5 Å². The number of nitrogens with one attached hydrogen (secondary N) is 2. The average Bonchev–Trinajstić information content (AvgIpc) is 2.79. The van der Waals surface area contributed by atoms with Crippen molar-refractivity contribution in [3.05, 3.63) is 77.6 Å². The molecule has 2 aliphatic rings. The van der Waals surface area contributed by atoms with Gasteiger partial charge in [-0.15, -0.1) is 0 Å². The summed E-state index contributed by atoms with van der Waals surface area (Å²) >= 11 is 0. The summed E-state index contributed by atoms with van der Waals surface area (Å²) in [6.07, 6.45) is 7.11. The SMILES string of the molecule is O=C(NCCCCc1ccccc1)NC1=CCC2N=CC(c3cccc(O)c3)=NC2=N1. The van der Waals surface area contributed by atoms with Crippen molar-refractivity contribution in [2.24, 2.45) is 15.0 Å². The van der Waals surface area contributed by atoms with E-state index in [0.29, 0.717) is 30.3 Å². The van der Waals surface area contributed by atoms with Crippen molar-refractivity contribution in [2.75, 3.05) is 6.54 Å². The highest BCUT2D eigenvalue weighted by molar-refractivity contribution is 6.41. The number of aliphatic imine (C=N–C) groups is 3. The van der Waals surface area contributed by atoms with Crippen molar-refractivity contribution < 1.29 is 9.90 Å². The number of hydrogen-bond donors (Lipinski definition) is 3. The van der Waals surface area contributed by atoms with Crippen molar-refractivity contribution in [1.82, 2.24) is 10.6 Å². The Morgan fingerprint density at radius 2 is 1.94 bits per heavy atom. The Morgan fingerprint density at radius 3 is 2.77 bits per heavy atom. The first-order valence-electron chi connectivity index (χ1n) is 10.5. The Hall–Kier alpha value is -3.74. The summed E-state index contributed by atoms with van der Waals surface area (Å²) in [7, 11) is 0. The molecule has 0 aromatic heterocycles. The summed E-state index contributed by atoms with van der Waals surface area (Å²) in [6, 6.07) is 16.8. The molecule has 1 unspecified atom stereocenters. The zero-order valence-electron chi connectivity index (χ0n) is 17.2. The molecule has 0 radical (unpaired) electrons. The highest BCUT2D eigenvalue weighted by Crippen LogP contribution is 2.19. The topological polar surface area (TPSA) is 98.4 Å². The van der Waals surface area contributed by atoms with Crippen LogP contribution in [0.2, 0.25) is 0 Å². The number of amidine groups is 1. The fourth-order valence-electron chi connectivity index (χ4n) is 3.46. The number of rotatable bonds is 7. The lowest BCUT2D eigenvalue weighted by molar-refractivity contribution is 0.243. The van der Waals surface area contributed by atoms with Gasteiger partial charge in [0.25, 0.3) is 0 Å². The molecule has 158 valence electrons. The van der Waals surface area contributed by atoms with E-state index in [1.807, 2.05) is 30.3 Å². The van der Waals surface area contributed by atoms with Gasteiger partial charge in [0.15, 0.2) is 5.84 Å². The number of aromatic hydroxyl groups is 1. The lowest BCUT2D eigenvalue weighted by atomic mass is 10.1. The summed E-state index contributed by atoms with van der Waals surface area (Å²) in [5, 5.41) is 15.3. The Labute approximate surface area is 181 Å². The molecule has 7 nitrogen and oxygen atoms in total. The van der Waals surface area contributed by atoms with Gasteiger partial charge in [-0.25, -0.2) is 14.8 Å².